The van der Waals surface area contributed by atoms with Crippen molar-refractivity contribution in [3.8, 4) is 0 Å². The molecule has 250 valence electrons. The van der Waals surface area contributed by atoms with Gasteiger partial charge in [-0.1, -0.05) is 206 Å². The Morgan fingerprint density at radius 1 is 0.381 bits per heavy atom. The van der Waals surface area contributed by atoms with Gasteiger partial charge in [-0.05, 0) is 32.1 Å². The van der Waals surface area contributed by atoms with E-state index in [1.807, 2.05) is 0 Å². The Labute approximate surface area is 266 Å². The molecule has 0 heterocycles. The lowest BCUT2D eigenvalue weighted by Gasteiger charge is -2.06. The summed E-state index contributed by atoms with van der Waals surface area (Å²) in [6, 6.07) is 0. The van der Waals surface area contributed by atoms with Crippen LogP contribution in [0.2, 0.25) is 0 Å². The zero-order chi connectivity index (χ0) is 30.4. The molecule has 2 nitrogen and oxygen atoms in total. The normalized spacial score (nSPS) is 11.6. The monoisotopic (exact) mass is 591 g/mol. The van der Waals surface area contributed by atoms with Crippen LogP contribution in [0.5, 0.6) is 0 Å². The number of rotatable bonds is 36. The lowest BCUT2D eigenvalue weighted by molar-refractivity contribution is -0.143. The van der Waals surface area contributed by atoms with Gasteiger partial charge in [0, 0.05) is 6.42 Å². The highest BCUT2D eigenvalue weighted by Gasteiger charge is 2.02. The first-order valence-electron chi connectivity index (χ1n) is 19.6. The van der Waals surface area contributed by atoms with Gasteiger partial charge in [-0.25, -0.2) is 0 Å². The van der Waals surface area contributed by atoms with E-state index in [1.165, 1.54) is 193 Å². The average molecular weight is 591 g/mol. The second-order valence-corrected chi connectivity index (χ2v) is 13.3. The number of ether oxygens (including phenoxy) is 1. The highest BCUT2D eigenvalue weighted by Crippen LogP contribution is 2.16. The van der Waals surface area contributed by atoms with Crippen molar-refractivity contribution >= 4 is 5.97 Å². The standard InChI is InChI=1S/C40H78O2/c1-3-5-7-9-11-13-15-16-17-18-19-20-21-22-23-24-25-26-27-29-31-33-35-37-39-42-40(41)38-36-34-32-30-28-14-12-10-8-6-4-2/h10,12H,3-9,11,13-39H2,1-2H3/b12-10-. The molecule has 0 amide bonds. The first-order chi connectivity index (χ1) is 20.8. The van der Waals surface area contributed by atoms with Crippen LogP contribution in [0.4, 0.5) is 0 Å². The molecule has 0 aliphatic carbocycles. The highest BCUT2D eigenvalue weighted by molar-refractivity contribution is 5.69. The summed E-state index contributed by atoms with van der Waals surface area (Å²) in [6.45, 7) is 5.17. The van der Waals surface area contributed by atoms with Gasteiger partial charge in [-0.15, -0.1) is 0 Å². The van der Waals surface area contributed by atoms with Crippen molar-refractivity contribution in [1.29, 1.82) is 0 Å². The molecule has 0 bridgehead atoms. The van der Waals surface area contributed by atoms with E-state index in [4.69, 9.17) is 4.74 Å². The second-order valence-electron chi connectivity index (χ2n) is 13.3. The average Bonchev–Trinajstić information content (AvgIpc) is 3.00. The van der Waals surface area contributed by atoms with Gasteiger partial charge in [-0.2, -0.15) is 0 Å². The molecule has 0 aromatic rings. The fraction of sp³-hybridized carbons (Fsp3) is 0.925. The molecule has 0 aromatic carbocycles. The number of carbonyl (C=O) groups is 1. The maximum absolute atomic E-state index is 11.9. The molecular weight excluding hydrogens is 512 g/mol. The van der Waals surface area contributed by atoms with Crippen LogP contribution in [0.3, 0.4) is 0 Å². The van der Waals surface area contributed by atoms with Gasteiger partial charge in [0.05, 0.1) is 6.61 Å². The fourth-order valence-electron chi connectivity index (χ4n) is 5.94. The molecule has 0 fully saturated rings. The van der Waals surface area contributed by atoms with Gasteiger partial charge in [-0.3, -0.25) is 4.79 Å². The zero-order valence-electron chi connectivity index (χ0n) is 29.2. The lowest BCUT2D eigenvalue weighted by Crippen LogP contribution is -2.05. The Hall–Kier alpha value is -0.790. The highest BCUT2D eigenvalue weighted by atomic mass is 16.5. The van der Waals surface area contributed by atoms with Crippen molar-refractivity contribution in [3.05, 3.63) is 12.2 Å². The smallest absolute Gasteiger partial charge is 0.305 e. The van der Waals surface area contributed by atoms with Crippen molar-refractivity contribution in [3.63, 3.8) is 0 Å². The van der Waals surface area contributed by atoms with E-state index in [1.54, 1.807) is 0 Å². The van der Waals surface area contributed by atoms with Crippen molar-refractivity contribution in [1.82, 2.24) is 0 Å². The maximum atomic E-state index is 11.9. The Morgan fingerprint density at radius 2 is 0.690 bits per heavy atom. The van der Waals surface area contributed by atoms with Crippen molar-refractivity contribution in [2.45, 2.75) is 232 Å². The Balaban J connectivity index is 3.14. The Bertz CT molecular complexity index is 526. The SMILES string of the molecule is CCCC/C=C\CCCCCCCC(=O)OCCCCCCCCCCCCCCCCCCCCCCCCCC. The van der Waals surface area contributed by atoms with E-state index in [0.717, 1.165) is 19.3 Å². The molecule has 0 aliphatic rings. The molecule has 2 heteroatoms. The quantitative estimate of drug-likeness (QED) is 0.0412. The van der Waals surface area contributed by atoms with Crippen LogP contribution in [-0.4, -0.2) is 12.6 Å². The van der Waals surface area contributed by atoms with Gasteiger partial charge in [0.2, 0.25) is 0 Å². The van der Waals surface area contributed by atoms with Crippen LogP contribution < -0.4 is 0 Å². The summed E-state index contributed by atoms with van der Waals surface area (Å²) in [7, 11) is 0. The van der Waals surface area contributed by atoms with Gasteiger partial charge < -0.3 is 4.74 Å². The first-order valence-corrected chi connectivity index (χ1v) is 19.6. The number of unbranched alkanes of at least 4 members (excludes halogenated alkanes) is 30. The van der Waals surface area contributed by atoms with Crippen LogP contribution >= 0.6 is 0 Å². The predicted molar refractivity (Wildman–Crippen MR) is 188 cm³/mol. The number of allylic oxidation sites excluding steroid dienone is 2. The van der Waals surface area contributed by atoms with Crippen LogP contribution in [0.15, 0.2) is 12.2 Å². The molecule has 42 heavy (non-hydrogen) atoms. The summed E-state index contributed by atoms with van der Waals surface area (Å²) < 4.78 is 5.44. The third kappa shape index (κ3) is 37.2. The minimum atomic E-state index is 0.0166. The van der Waals surface area contributed by atoms with E-state index in [9.17, 15) is 4.79 Å². The van der Waals surface area contributed by atoms with Gasteiger partial charge in [0.15, 0.2) is 0 Å². The zero-order valence-corrected chi connectivity index (χ0v) is 29.2. The fourth-order valence-corrected chi connectivity index (χ4v) is 5.94. The minimum Gasteiger partial charge on any atom is -0.466 e. The third-order valence-corrected chi connectivity index (χ3v) is 8.90. The molecular formula is C40H78O2. The number of carbonyl (C=O) groups excluding carboxylic acids is 1. The van der Waals surface area contributed by atoms with E-state index in [0.29, 0.717) is 13.0 Å². The molecule has 0 aromatic heterocycles. The molecule has 0 aliphatic heterocycles. The van der Waals surface area contributed by atoms with Crippen molar-refractivity contribution in [2.75, 3.05) is 6.61 Å². The molecule has 0 spiro atoms. The predicted octanol–water partition coefficient (Wildman–Crippen LogP) is 14.4. The summed E-state index contributed by atoms with van der Waals surface area (Å²) in [4.78, 5) is 11.9. The third-order valence-electron chi connectivity index (χ3n) is 8.90. The number of hydrogen-bond donors (Lipinski definition) is 0. The number of esters is 1. The van der Waals surface area contributed by atoms with E-state index in [2.05, 4.69) is 26.0 Å². The summed E-state index contributed by atoms with van der Waals surface area (Å²) >= 11 is 0. The van der Waals surface area contributed by atoms with Crippen LogP contribution in [0, 0.1) is 0 Å². The summed E-state index contributed by atoms with van der Waals surface area (Å²) in [5.74, 6) is 0.0166. The van der Waals surface area contributed by atoms with E-state index in [-0.39, 0.29) is 5.97 Å². The van der Waals surface area contributed by atoms with E-state index >= 15 is 0 Å². The van der Waals surface area contributed by atoms with Crippen LogP contribution in [0.1, 0.15) is 232 Å². The molecule has 0 saturated heterocycles. The first kappa shape index (κ1) is 41.2. The lowest BCUT2D eigenvalue weighted by atomic mass is 10.0. The maximum Gasteiger partial charge on any atom is 0.305 e. The van der Waals surface area contributed by atoms with Crippen LogP contribution in [-0.2, 0) is 9.53 Å². The Kier molecular flexibility index (Phi) is 37.5. The summed E-state index contributed by atoms with van der Waals surface area (Å²) in [6.07, 6.45) is 50.1. The largest absolute Gasteiger partial charge is 0.466 e. The topological polar surface area (TPSA) is 26.3 Å². The van der Waals surface area contributed by atoms with E-state index < -0.39 is 0 Å². The molecule has 0 N–H and O–H groups in total. The summed E-state index contributed by atoms with van der Waals surface area (Å²) in [5.41, 5.74) is 0. The minimum absolute atomic E-state index is 0.0166. The Morgan fingerprint density at radius 3 is 1.10 bits per heavy atom. The second kappa shape index (κ2) is 38.2. The molecule has 0 radical (unpaired) electrons. The molecule has 0 atom stereocenters. The number of hydrogen-bond acceptors (Lipinski definition) is 2. The van der Waals surface area contributed by atoms with Crippen LogP contribution in [0.25, 0.3) is 0 Å². The molecule has 0 unspecified atom stereocenters. The van der Waals surface area contributed by atoms with Crippen molar-refractivity contribution in [2.24, 2.45) is 0 Å². The van der Waals surface area contributed by atoms with Gasteiger partial charge in [0.25, 0.3) is 0 Å². The summed E-state index contributed by atoms with van der Waals surface area (Å²) in [5, 5.41) is 0. The molecule has 0 rings (SSSR count). The van der Waals surface area contributed by atoms with Crippen molar-refractivity contribution < 1.29 is 9.53 Å². The van der Waals surface area contributed by atoms with Gasteiger partial charge in [0.1, 0.15) is 0 Å². The van der Waals surface area contributed by atoms with Gasteiger partial charge >= 0.3 is 5.97 Å². The molecule has 0 saturated carbocycles.